The van der Waals surface area contributed by atoms with Crippen molar-refractivity contribution in [3.05, 3.63) is 127 Å². The fourth-order valence-corrected chi connectivity index (χ4v) is 4.15. The lowest BCUT2D eigenvalue weighted by molar-refractivity contribution is 0.928. The van der Waals surface area contributed by atoms with Gasteiger partial charge in [-0.25, -0.2) is 15.0 Å². The summed E-state index contributed by atoms with van der Waals surface area (Å²) in [5.74, 6) is 1.48. The van der Waals surface area contributed by atoms with Crippen molar-refractivity contribution in [2.24, 2.45) is 0 Å². The summed E-state index contributed by atoms with van der Waals surface area (Å²) < 4.78 is 1.98. The number of hydrogen-bond acceptors (Lipinski definition) is 4. The summed E-state index contributed by atoms with van der Waals surface area (Å²) >= 11 is 0. The molecule has 33 heavy (non-hydrogen) atoms. The molecule has 0 atom stereocenters. The molecular weight excluding hydrogens is 406 g/mol. The van der Waals surface area contributed by atoms with Crippen LogP contribution < -0.4 is 5.32 Å². The van der Waals surface area contributed by atoms with Crippen molar-refractivity contribution in [3.8, 4) is 11.4 Å². The van der Waals surface area contributed by atoms with Crippen molar-refractivity contribution < 1.29 is 0 Å². The van der Waals surface area contributed by atoms with Crippen LogP contribution in [0.1, 0.15) is 17.2 Å². The van der Waals surface area contributed by atoms with Crippen molar-refractivity contribution in [1.82, 2.24) is 19.4 Å². The monoisotopic (exact) mass is 427 g/mol. The van der Waals surface area contributed by atoms with Gasteiger partial charge in [0.1, 0.15) is 11.5 Å². The van der Waals surface area contributed by atoms with Gasteiger partial charge >= 0.3 is 0 Å². The van der Waals surface area contributed by atoms with Crippen molar-refractivity contribution in [3.63, 3.8) is 0 Å². The zero-order valence-corrected chi connectivity index (χ0v) is 17.8. The fourth-order valence-electron chi connectivity index (χ4n) is 4.15. The van der Waals surface area contributed by atoms with E-state index in [0.29, 0.717) is 5.82 Å². The number of anilines is 1. The van der Waals surface area contributed by atoms with E-state index in [1.54, 1.807) is 6.20 Å². The van der Waals surface area contributed by atoms with Gasteiger partial charge in [0.05, 0.1) is 11.6 Å². The van der Waals surface area contributed by atoms with Gasteiger partial charge in [-0.3, -0.25) is 0 Å². The molecule has 3 aromatic carbocycles. The molecule has 1 N–H and O–H groups in total. The van der Waals surface area contributed by atoms with Crippen LogP contribution in [0.25, 0.3) is 27.9 Å². The predicted octanol–water partition coefficient (Wildman–Crippen LogP) is 6.15. The first-order valence-electron chi connectivity index (χ1n) is 10.9. The maximum atomic E-state index is 5.00. The average molecular weight is 428 g/mol. The highest BCUT2D eigenvalue weighted by Gasteiger charge is 2.17. The first-order valence-corrected chi connectivity index (χ1v) is 10.9. The number of pyridine rings is 1. The molecule has 0 radical (unpaired) electrons. The summed E-state index contributed by atoms with van der Waals surface area (Å²) in [5, 5.41) is 4.71. The topological polar surface area (TPSA) is 55.1 Å². The van der Waals surface area contributed by atoms with Crippen molar-refractivity contribution in [2.75, 3.05) is 5.32 Å². The maximum Gasteiger partial charge on any atom is 0.163 e. The van der Waals surface area contributed by atoms with Crippen molar-refractivity contribution in [2.45, 2.75) is 6.04 Å². The molecule has 6 rings (SSSR count). The third kappa shape index (κ3) is 3.70. The lowest BCUT2D eigenvalue weighted by Gasteiger charge is -2.22. The van der Waals surface area contributed by atoms with E-state index in [1.807, 2.05) is 59.3 Å². The van der Waals surface area contributed by atoms with Crippen LogP contribution in [0, 0.1) is 0 Å². The molecule has 0 aliphatic heterocycles. The zero-order valence-electron chi connectivity index (χ0n) is 17.8. The number of benzene rings is 3. The number of imidazole rings is 1. The van der Waals surface area contributed by atoms with Crippen LogP contribution in [-0.2, 0) is 0 Å². The van der Waals surface area contributed by atoms with Crippen molar-refractivity contribution in [1.29, 1.82) is 0 Å². The summed E-state index contributed by atoms with van der Waals surface area (Å²) in [6, 6.07) is 33.0. The summed E-state index contributed by atoms with van der Waals surface area (Å²) in [4.78, 5) is 14.2. The molecule has 6 aromatic rings. The van der Waals surface area contributed by atoms with Crippen LogP contribution >= 0.6 is 0 Å². The first-order chi connectivity index (χ1) is 16.3. The molecule has 0 spiro atoms. The average Bonchev–Trinajstić information content (AvgIpc) is 3.36. The third-order valence-corrected chi connectivity index (χ3v) is 5.80. The van der Waals surface area contributed by atoms with Gasteiger partial charge in [0.2, 0.25) is 0 Å². The van der Waals surface area contributed by atoms with Crippen molar-refractivity contribution >= 4 is 22.4 Å². The smallest absolute Gasteiger partial charge is 0.163 e. The molecule has 0 saturated carbocycles. The lowest BCUT2D eigenvalue weighted by atomic mass is 9.98. The number of rotatable bonds is 5. The lowest BCUT2D eigenvalue weighted by Crippen LogP contribution is -2.14. The molecule has 5 nitrogen and oxygen atoms in total. The largest absolute Gasteiger partial charge is 0.359 e. The Bertz CT molecular complexity index is 1500. The summed E-state index contributed by atoms with van der Waals surface area (Å²) in [5.41, 5.74) is 5.08. The molecule has 0 amide bonds. The second kappa shape index (κ2) is 8.20. The SMILES string of the molecule is c1ccc(C(Nc2nc(-c3ccc4nccn4c3)nc3ccccc23)c2ccccc2)cc1. The number of fused-ring (bicyclic) bond motifs is 2. The van der Waals surface area contributed by atoms with Gasteiger partial charge in [0.15, 0.2) is 5.82 Å². The highest BCUT2D eigenvalue weighted by molar-refractivity contribution is 5.91. The molecule has 0 aliphatic rings. The third-order valence-electron chi connectivity index (χ3n) is 5.80. The van der Waals surface area contributed by atoms with E-state index in [4.69, 9.17) is 9.97 Å². The van der Waals surface area contributed by atoms with Crippen LogP contribution in [0.2, 0.25) is 0 Å². The second-order valence-electron chi connectivity index (χ2n) is 7.92. The zero-order chi connectivity index (χ0) is 22.0. The fraction of sp³-hybridized carbons (Fsp3) is 0.0357. The number of para-hydroxylation sites is 1. The molecule has 0 saturated heterocycles. The number of aromatic nitrogens is 4. The van der Waals surface area contributed by atoms with Crippen LogP contribution in [0.3, 0.4) is 0 Å². The minimum atomic E-state index is -0.0466. The molecular formula is C28H21N5. The van der Waals surface area contributed by atoms with E-state index < -0.39 is 0 Å². The normalized spacial score (nSPS) is 11.3. The molecule has 3 heterocycles. The minimum absolute atomic E-state index is 0.0466. The van der Waals surface area contributed by atoms with Gasteiger partial charge in [-0.05, 0) is 35.4 Å². The second-order valence-corrected chi connectivity index (χ2v) is 7.92. The van der Waals surface area contributed by atoms with E-state index in [9.17, 15) is 0 Å². The molecule has 3 aromatic heterocycles. The van der Waals surface area contributed by atoms with Crippen LogP contribution in [0.4, 0.5) is 5.82 Å². The van der Waals surface area contributed by atoms with E-state index >= 15 is 0 Å². The van der Waals surface area contributed by atoms with Gasteiger partial charge in [-0.2, -0.15) is 0 Å². The number of nitrogens with zero attached hydrogens (tertiary/aromatic N) is 4. The number of hydrogen-bond donors (Lipinski definition) is 1. The Morgan fingerprint density at radius 2 is 1.39 bits per heavy atom. The Morgan fingerprint density at radius 1 is 0.697 bits per heavy atom. The predicted molar refractivity (Wildman–Crippen MR) is 132 cm³/mol. The van der Waals surface area contributed by atoms with E-state index in [-0.39, 0.29) is 6.04 Å². The maximum absolute atomic E-state index is 5.00. The highest BCUT2D eigenvalue weighted by atomic mass is 15.1. The van der Waals surface area contributed by atoms with E-state index in [2.05, 4.69) is 64.9 Å². The Morgan fingerprint density at radius 3 is 2.15 bits per heavy atom. The quantitative estimate of drug-likeness (QED) is 0.359. The minimum Gasteiger partial charge on any atom is -0.359 e. The molecule has 0 bridgehead atoms. The molecule has 0 aliphatic carbocycles. The Kier molecular flexibility index (Phi) is 4.77. The summed E-state index contributed by atoms with van der Waals surface area (Å²) in [7, 11) is 0. The van der Waals surface area contributed by atoms with Gasteiger partial charge in [0.25, 0.3) is 0 Å². The number of nitrogens with one attached hydrogen (secondary N) is 1. The molecule has 0 fully saturated rings. The Labute approximate surface area is 191 Å². The van der Waals surface area contributed by atoms with Gasteiger partial charge in [-0.1, -0.05) is 72.8 Å². The van der Waals surface area contributed by atoms with E-state index in [0.717, 1.165) is 27.9 Å². The highest BCUT2D eigenvalue weighted by Crippen LogP contribution is 2.31. The van der Waals surface area contributed by atoms with E-state index in [1.165, 1.54) is 11.1 Å². The molecule has 0 unspecified atom stereocenters. The summed E-state index contributed by atoms with van der Waals surface area (Å²) in [6.45, 7) is 0. The van der Waals surface area contributed by atoms with Crippen LogP contribution in [0.5, 0.6) is 0 Å². The standard InChI is InChI=1S/C28H21N5/c1-3-9-20(10-4-1)26(21-11-5-2-6-12-21)31-28-23-13-7-8-14-24(23)30-27(32-28)22-15-16-25-29-17-18-33(25)19-22/h1-19,26H,(H,30,31,32). The Balaban J connectivity index is 1.50. The van der Waals surface area contributed by atoms with Gasteiger partial charge in [-0.15, -0.1) is 0 Å². The van der Waals surface area contributed by atoms with Crippen LogP contribution in [-0.4, -0.2) is 19.4 Å². The Hall–Kier alpha value is -4.51. The van der Waals surface area contributed by atoms with Gasteiger partial charge in [0, 0.05) is 29.5 Å². The molecule has 5 heteroatoms. The van der Waals surface area contributed by atoms with Gasteiger partial charge < -0.3 is 9.72 Å². The van der Waals surface area contributed by atoms with Crippen LogP contribution in [0.15, 0.2) is 116 Å². The summed E-state index contributed by atoms with van der Waals surface area (Å²) in [6.07, 6.45) is 5.74. The first kappa shape index (κ1) is 19.2. The molecule has 158 valence electrons.